The highest BCUT2D eigenvalue weighted by Crippen LogP contribution is 2.39. The van der Waals surface area contributed by atoms with E-state index in [2.05, 4.69) is 18.7 Å². The van der Waals surface area contributed by atoms with Crippen LogP contribution in [0.25, 0.3) is 0 Å². The monoisotopic (exact) mass is 296 g/mol. The minimum Gasteiger partial charge on any atom is -0.378 e. The molecule has 122 valence electrons. The Morgan fingerprint density at radius 3 is 2.76 bits per heavy atom. The molecule has 0 aromatic heterocycles. The van der Waals surface area contributed by atoms with Gasteiger partial charge in [-0.2, -0.15) is 0 Å². The van der Waals surface area contributed by atoms with Gasteiger partial charge in [-0.15, -0.1) is 0 Å². The summed E-state index contributed by atoms with van der Waals surface area (Å²) in [4.78, 5) is 2.73. The Balaban J connectivity index is 1.80. The van der Waals surface area contributed by atoms with Gasteiger partial charge in [-0.05, 0) is 31.6 Å². The highest BCUT2D eigenvalue weighted by molar-refractivity contribution is 5.02. The highest BCUT2D eigenvalue weighted by atomic mass is 16.5. The van der Waals surface area contributed by atoms with Crippen LogP contribution in [0.15, 0.2) is 0 Å². The lowest BCUT2D eigenvalue weighted by molar-refractivity contribution is -0.160. The van der Waals surface area contributed by atoms with Crippen molar-refractivity contribution in [2.24, 2.45) is 11.7 Å². The predicted molar refractivity (Wildman–Crippen MR) is 84.3 cm³/mol. The van der Waals surface area contributed by atoms with Crippen LogP contribution in [0.3, 0.4) is 0 Å². The Morgan fingerprint density at radius 1 is 1.19 bits per heavy atom. The molecule has 2 heterocycles. The van der Waals surface area contributed by atoms with Crippen molar-refractivity contribution >= 4 is 0 Å². The van der Waals surface area contributed by atoms with E-state index in [0.29, 0.717) is 24.2 Å². The van der Waals surface area contributed by atoms with Crippen molar-refractivity contribution in [3.63, 3.8) is 0 Å². The zero-order valence-corrected chi connectivity index (χ0v) is 13.7. The quantitative estimate of drug-likeness (QED) is 0.867. The van der Waals surface area contributed by atoms with Gasteiger partial charge in [0, 0.05) is 31.3 Å². The van der Waals surface area contributed by atoms with Crippen LogP contribution in [-0.4, -0.2) is 55.0 Å². The van der Waals surface area contributed by atoms with Crippen LogP contribution in [0.4, 0.5) is 0 Å². The van der Waals surface area contributed by atoms with E-state index in [-0.39, 0.29) is 5.54 Å². The standard InChI is InChI=1S/C17H32N2O2/c1-13(2)16-11-17(12-18,7-9-20-16)19-8-10-21-15-6-4-3-5-14(15)19/h13-16H,3-12,18H2,1-2H3. The van der Waals surface area contributed by atoms with Crippen molar-refractivity contribution < 1.29 is 9.47 Å². The van der Waals surface area contributed by atoms with Gasteiger partial charge in [0.15, 0.2) is 0 Å². The van der Waals surface area contributed by atoms with Gasteiger partial charge in [0.1, 0.15) is 0 Å². The summed E-state index contributed by atoms with van der Waals surface area (Å²) < 4.78 is 12.1. The fraction of sp³-hybridized carbons (Fsp3) is 1.00. The molecule has 3 fully saturated rings. The summed E-state index contributed by atoms with van der Waals surface area (Å²) >= 11 is 0. The molecule has 2 aliphatic heterocycles. The van der Waals surface area contributed by atoms with Gasteiger partial charge in [0.2, 0.25) is 0 Å². The Morgan fingerprint density at radius 2 is 2.00 bits per heavy atom. The summed E-state index contributed by atoms with van der Waals surface area (Å²) in [6, 6.07) is 0.585. The maximum Gasteiger partial charge on any atom is 0.0731 e. The number of ether oxygens (including phenoxy) is 2. The molecule has 1 saturated carbocycles. The van der Waals surface area contributed by atoms with Crippen LogP contribution < -0.4 is 5.73 Å². The van der Waals surface area contributed by atoms with E-state index < -0.39 is 0 Å². The molecule has 3 aliphatic rings. The molecule has 0 radical (unpaired) electrons. The van der Waals surface area contributed by atoms with E-state index in [9.17, 15) is 0 Å². The normalized spacial score (nSPS) is 42.0. The zero-order chi connectivity index (χ0) is 14.9. The van der Waals surface area contributed by atoms with Crippen LogP contribution in [0.1, 0.15) is 52.4 Å². The molecule has 2 N–H and O–H groups in total. The summed E-state index contributed by atoms with van der Waals surface area (Å²) in [5, 5.41) is 0. The topological polar surface area (TPSA) is 47.7 Å². The first-order valence-corrected chi connectivity index (χ1v) is 8.86. The molecule has 21 heavy (non-hydrogen) atoms. The van der Waals surface area contributed by atoms with Gasteiger partial charge in [0.05, 0.1) is 18.8 Å². The van der Waals surface area contributed by atoms with Crippen molar-refractivity contribution in [3.05, 3.63) is 0 Å². The predicted octanol–water partition coefficient (Wildman–Crippen LogP) is 2.16. The first-order chi connectivity index (χ1) is 10.2. The summed E-state index contributed by atoms with van der Waals surface area (Å²) in [7, 11) is 0. The van der Waals surface area contributed by atoms with Crippen molar-refractivity contribution in [1.82, 2.24) is 4.90 Å². The van der Waals surface area contributed by atoms with E-state index in [4.69, 9.17) is 15.2 Å². The molecule has 4 heteroatoms. The fourth-order valence-corrected chi connectivity index (χ4v) is 4.61. The Hall–Kier alpha value is -0.160. The third kappa shape index (κ3) is 3.00. The van der Waals surface area contributed by atoms with E-state index >= 15 is 0 Å². The zero-order valence-electron chi connectivity index (χ0n) is 13.7. The second-order valence-corrected chi connectivity index (χ2v) is 7.49. The van der Waals surface area contributed by atoms with Gasteiger partial charge < -0.3 is 15.2 Å². The Bertz CT molecular complexity index is 348. The summed E-state index contributed by atoms with van der Waals surface area (Å²) in [6.45, 7) is 8.05. The SMILES string of the molecule is CC(C)C1CC(CN)(N2CCOC3CCCCC32)CCO1. The third-order valence-corrected chi connectivity index (χ3v) is 5.95. The molecular weight excluding hydrogens is 264 g/mol. The molecule has 1 aliphatic carbocycles. The number of nitrogens with two attached hydrogens (primary N) is 1. The van der Waals surface area contributed by atoms with Crippen LogP contribution >= 0.6 is 0 Å². The summed E-state index contributed by atoms with van der Waals surface area (Å²) in [6.07, 6.45) is 8.13. The van der Waals surface area contributed by atoms with E-state index in [1.807, 2.05) is 0 Å². The number of fused-ring (bicyclic) bond motifs is 1. The van der Waals surface area contributed by atoms with E-state index in [0.717, 1.165) is 39.1 Å². The van der Waals surface area contributed by atoms with Crippen molar-refractivity contribution in [2.45, 2.75) is 76.2 Å². The van der Waals surface area contributed by atoms with Crippen LogP contribution in [0.2, 0.25) is 0 Å². The van der Waals surface area contributed by atoms with Crippen molar-refractivity contribution in [2.75, 3.05) is 26.3 Å². The largest absolute Gasteiger partial charge is 0.378 e. The Kier molecular flexibility index (Phi) is 4.89. The maximum atomic E-state index is 6.32. The maximum absolute atomic E-state index is 6.32. The second kappa shape index (κ2) is 6.53. The first-order valence-electron chi connectivity index (χ1n) is 8.86. The van der Waals surface area contributed by atoms with Gasteiger partial charge in [-0.1, -0.05) is 26.7 Å². The van der Waals surface area contributed by atoms with Crippen LogP contribution in [-0.2, 0) is 9.47 Å². The first kappa shape index (κ1) is 15.7. The highest BCUT2D eigenvalue weighted by Gasteiger charge is 2.47. The number of nitrogens with zero attached hydrogens (tertiary/aromatic N) is 1. The van der Waals surface area contributed by atoms with Gasteiger partial charge in [0.25, 0.3) is 0 Å². The molecule has 4 nitrogen and oxygen atoms in total. The van der Waals surface area contributed by atoms with Crippen LogP contribution in [0, 0.1) is 5.92 Å². The minimum atomic E-state index is 0.136. The fourth-order valence-electron chi connectivity index (χ4n) is 4.61. The lowest BCUT2D eigenvalue weighted by Crippen LogP contribution is -2.67. The number of hydrogen-bond donors (Lipinski definition) is 1. The molecule has 0 amide bonds. The molecule has 0 aromatic rings. The van der Waals surface area contributed by atoms with E-state index in [1.54, 1.807) is 0 Å². The molecule has 4 atom stereocenters. The van der Waals surface area contributed by atoms with E-state index in [1.165, 1.54) is 25.7 Å². The third-order valence-electron chi connectivity index (χ3n) is 5.95. The number of hydrogen-bond acceptors (Lipinski definition) is 4. The second-order valence-electron chi connectivity index (χ2n) is 7.49. The van der Waals surface area contributed by atoms with Gasteiger partial charge in [-0.3, -0.25) is 4.90 Å². The van der Waals surface area contributed by atoms with Crippen molar-refractivity contribution in [3.8, 4) is 0 Å². The number of morpholine rings is 1. The van der Waals surface area contributed by atoms with Gasteiger partial charge in [-0.25, -0.2) is 0 Å². The van der Waals surface area contributed by atoms with Crippen molar-refractivity contribution in [1.29, 1.82) is 0 Å². The van der Waals surface area contributed by atoms with Crippen LogP contribution in [0.5, 0.6) is 0 Å². The summed E-state index contributed by atoms with van der Waals surface area (Å²) in [5.41, 5.74) is 6.45. The summed E-state index contributed by atoms with van der Waals surface area (Å²) in [5.74, 6) is 0.569. The molecule has 0 aromatic carbocycles. The molecule has 0 bridgehead atoms. The molecule has 2 saturated heterocycles. The molecule has 3 rings (SSSR count). The average Bonchev–Trinajstić information content (AvgIpc) is 2.54. The molecular formula is C17H32N2O2. The number of rotatable bonds is 3. The average molecular weight is 296 g/mol. The van der Waals surface area contributed by atoms with Gasteiger partial charge >= 0.3 is 0 Å². The Labute approximate surface area is 129 Å². The molecule has 0 spiro atoms. The smallest absolute Gasteiger partial charge is 0.0731 e. The lowest BCUT2D eigenvalue weighted by Gasteiger charge is -2.56. The molecule has 4 unspecified atom stereocenters. The lowest BCUT2D eigenvalue weighted by atomic mass is 9.78. The minimum absolute atomic E-state index is 0.136.